The number of aromatic nitrogens is 1. The maximum atomic E-state index is 12.6. The van der Waals surface area contributed by atoms with Crippen molar-refractivity contribution < 1.29 is 14.3 Å². The Hall–Kier alpha value is -3.11. The fraction of sp³-hybridized carbons (Fsp3) is 0.364. The van der Waals surface area contributed by atoms with Gasteiger partial charge in [-0.15, -0.1) is 0 Å². The minimum Gasteiger partial charge on any atom is -0.473 e. The highest BCUT2D eigenvalue weighted by Gasteiger charge is 2.28. The second-order valence-electron chi connectivity index (χ2n) is 7.14. The average Bonchev–Trinajstić information content (AvgIpc) is 2.76. The second-order valence-corrected chi connectivity index (χ2v) is 7.55. The quantitative estimate of drug-likeness (QED) is 0.728. The molecule has 156 valence electrons. The Balaban J connectivity index is 1.49. The van der Waals surface area contributed by atoms with E-state index in [9.17, 15) is 9.59 Å². The number of nitrogens with one attached hydrogen (secondary N) is 2. The Morgan fingerprint density at radius 2 is 1.93 bits per heavy atom. The third-order valence-corrected chi connectivity index (χ3v) is 5.28. The zero-order valence-corrected chi connectivity index (χ0v) is 17.4. The Morgan fingerprint density at radius 1 is 1.23 bits per heavy atom. The summed E-state index contributed by atoms with van der Waals surface area (Å²) in [5.41, 5.74) is 1.61. The van der Waals surface area contributed by atoms with Gasteiger partial charge in [-0.1, -0.05) is 11.6 Å². The molecule has 1 fully saturated rings. The van der Waals surface area contributed by atoms with Crippen molar-refractivity contribution in [2.24, 2.45) is 5.92 Å². The van der Waals surface area contributed by atoms with Gasteiger partial charge in [-0.25, -0.2) is 4.98 Å². The number of pyridine rings is 1. The van der Waals surface area contributed by atoms with Gasteiger partial charge in [-0.05, 0) is 62.9 Å². The summed E-state index contributed by atoms with van der Waals surface area (Å²) in [6.45, 7) is 2.43. The van der Waals surface area contributed by atoms with E-state index in [0.717, 1.165) is 0 Å². The van der Waals surface area contributed by atoms with Crippen LogP contribution in [0.4, 0.5) is 5.69 Å². The fourth-order valence-electron chi connectivity index (χ4n) is 3.39. The van der Waals surface area contributed by atoms with E-state index < -0.39 is 0 Å². The SMILES string of the molecule is CCNC(=O)c1ccc(NC(=O)C2CCC(Oc3ncc(C#N)cc3Cl)CC2)cc1. The normalized spacial score (nSPS) is 18.2. The van der Waals surface area contributed by atoms with E-state index in [1.54, 1.807) is 24.3 Å². The van der Waals surface area contributed by atoms with Crippen LogP contribution in [-0.4, -0.2) is 29.4 Å². The zero-order valence-electron chi connectivity index (χ0n) is 16.7. The first-order valence-electron chi connectivity index (χ1n) is 9.91. The van der Waals surface area contributed by atoms with Crippen LogP contribution in [0.15, 0.2) is 36.5 Å². The Bertz CT molecular complexity index is 948. The number of halogens is 1. The van der Waals surface area contributed by atoms with Gasteiger partial charge in [0.2, 0.25) is 11.8 Å². The summed E-state index contributed by atoms with van der Waals surface area (Å²) in [5.74, 6) is 0.0485. The number of nitriles is 1. The molecule has 3 rings (SSSR count). The third kappa shape index (κ3) is 5.49. The maximum Gasteiger partial charge on any atom is 0.251 e. The van der Waals surface area contributed by atoms with Crippen LogP contribution in [0.5, 0.6) is 5.88 Å². The van der Waals surface area contributed by atoms with Crippen LogP contribution >= 0.6 is 11.6 Å². The highest BCUT2D eigenvalue weighted by molar-refractivity contribution is 6.31. The lowest BCUT2D eigenvalue weighted by Gasteiger charge is -2.28. The van der Waals surface area contributed by atoms with Crippen molar-refractivity contribution in [3.63, 3.8) is 0 Å². The van der Waals surface area contributed by atoms with Crippen molar-refractivity contribution in [3.05, 3.63) is 52.7 Å². The molecule has 0 saturated heterocycles. The van der Waals surface area contributed by atoms with Crippen molar-refractivity contribution in [1.29, 1.82) is 5.26 Å². The van der Waals surface area contributed by atoms with Gasteiger partial charge in [-0.2, -0.15) is 5.26 Å². The van der Waals surface area contributed by atoms with Crippen LogP contribution < -0.4 is 15.4 Å². The summed E-state index contributed by atoms with van der Waals surface area (Å²) in [7, 11) is 0. The molecule has 1 heterocycles. The van der Waals surface area contributed by atoms with Crippen molar-refractivity contribution in [3.8, 4) is 11.9 Å². The predicted molar refractivity (Wildman–Crippen MR) is 113 cm³/mol. The van der Waals surface area contributed by atoms with Crippen LogP contribution in [0.1, 0.15) is 48.5 Å². The van der Waals surface area contributed by atoms with E-state index in [1.165, 1.54) is 12.3 Å². The smallest absolute Gasteiger partial charge is 0.251 e. The molecule has 2 aromatic rings. The molecule has 2 amide bonds. The summed E-state index contributed by atoms with van der Waals surface area (Å²) in [6.07, 6.45) is 4.18. The summed E-state index contributed by atoms with van der Waals surface area (Å²) in [5, 5.41) is 14.8. The number of hydrogen-bond donors (Lipinski definition) is 2. The molecule has 1 aliphatic carbocycles. The summed E-state index contributed by atoms with van der Waals surface area (Å²) in [6, 6.07) is 10.4. The van der Waals surface area contributed by atoms with Crippen LogP contribution in [0.25, 0.3) is 0 Å². The largest absolute Gasteiger partial charge is 0.473 e. The minimum absolute atomic E-state index is 0.0336. The number of hydrogen-bond acceptors (Lipinski definition) is 5. The first-order valence-corrected chi connectivity index (χ1v) is 10.3. The molecule has 1 saturated carbocycles. The lowest BCUT2D eigenvalue weighted by Crippen LogP contribution is -2.31. The van der Waals surface area contributed by atoms with E-state index in [4.69, 9.17) is 21.6 Å². The van der Waals surface area contributed by atoms with Gasteiger partial charge in [0, 0.05) is 29.9 Å². The molecule has 0 atom stereocenters. The number of carbonyl (C=O) groups excluding carboxylic acids is 2. The first-order chi connectivity index (χ1) is 14.5. The van der Waals surface area contributed by atoms with Gasteiger partial charge in [-0.3, -0.25) is 9.59 Å². The molecular formula is C22H23ClN4O3. The molecule has 1 aromatic carbocycles. The van der Waals surface area contributed by atoms with Gasteiger partial charge >= 0.3 is 0 Å². The zero-order chi connectivity index (χ0) is 21.5. The van der Waals surface area contributed by atoms with Gasteiger partial charge in [0.1, 0.15) is 17.2 Å². The highest BCUT2D eigenvalue weighted by Crippen LogP contribution is 2.31. The molecule has 30 heavy (non-hydrogen) atoms. The van der Waals surface area contributed by atoms with E-state index >= 15 is 0 Å². The summed E-state index contributed by atoms with van der Waals surface area (Å²) < 4.78 is 5.87. The molecule has 0 bridgehead atoms. The van der Waals surface area contributed by atoms with Gasteiger partial charge in [0.05, 0.1) is 5.56 Å². The third-order valence-electron chi connectivity index (χ3n) is 5.01. The Kier molecular flexibility index (Phi) is 7.26. The molecule has 0 aliphatic heterocycles. The maximum absolute atomic E-state index is 12.6. The van der Waals surface area contributed by atoms with Crippen LogP contribution in [0.2, 0.25) is 5.02 Å². The van der Waals surface area contributed by atoms with E-state index in [2.05, 4.69) is 15.6 Å². The van der Waals surface area contributed by atoms with E-state index in [0.29, 0.717) is 59.9 Å². The average molecular weight is 427 g/mol. The van der Waals surface area contributed by atoms with Gasteiger partial charge in [0.25, 0.3) is 5.91 Å². The summed E-state index contributed by atoms with van der Waals surface area (Å²) in [4.78, 5) is 28.5. The van der Waals surface area contributed by atoms with Crippen molar-refractivity contribution in [1.82, 2.24) is 10.3 Å². The van der Waals surface area contributed by atoms with Gasteiger partial charge < -0.3 is 15.4 Å². The summed E-state index contributed by atoms with van der Waals surface area (Å²) >= 11 is 6.12. The minimum atomic E-state index is -0.134. The van der Waals surface area contributed by atoms with Crippen LogP contribution in [0.3, 0.4) is 0 Å². The Labute approximate surface area is 180 Å². The lowest BCUT2D eigenvalue weighted by molar-refractivity contribution is -0.121. The lowest BCUT2D eigenvalue weighted by atomic mass is 9.86. The predicted octanol–water partition coefficient (Wildman–Crippen LogP) is 3.93. The van der Waals surface area contributed by atoms with Crippen molar-refractivity contribution in [2.75, 3.05) is 11.9 Å². The van der Waals surface area contributed by atoms with E-state index in [-0.39, 0.29) is 23.8 Å². The number of rotatable bonds is 6. The Morgan fingerprint density at radius 3 is 2.53 bits per heavy atom. The molecule has 0 radical (unpaired) electrons. The van der Waals surface area contributed by atoms with E-state index in [1.807, 2.05) is 13.0 Å². The first kappa shape index (κ1) is 21.6. The fourth-order valence-corrected chi connectivity index (χ4v) is 3.60. The molecule has 8 heteroatoms. The molecule has 1 aliphatic rings. The molecule has 0 unspecified atom stereocenters. The number of amides is 2. The van der Waals surface area contributed by atoms with Gasteiger partial charge in [0.15, 0.2) is 0 Å². The number of ether oxygens (including phenoxy) is 1. The van der Waals surface area contributed by atoms with Crippen LogP contribution in [0, 0.1) is 17.2 Å². The van der Waals surface area contributed by atoms with Crippen molar-refractivity contribution >= 4 is 29.1 Å². The second kappa shape index (κ2) is 10.1. The monoisotopic (exact) mass is 426 g/mol. The molecule has 1 aromatic heterocycles. The van der Waals surface area contributed by atoms with Crippen LogP contribution in [-0.2, 0) is 4.79 Å². The highest BCUT2D eigenvalue weighted by atomic mass is 35.5. The topological polar surface area (TPSA) is 104 Å². The molecule has 7 nitrogen and oxygen atoms in total. The van der Waals surface area contributed by atoms with Crippen molar-refractivity contribution in [2.45, 2.75) is 38.7 Å². The molecule has 2 N–H and O–H groups in total. The number of anilines is 1. The molecular weight excluding hydrogens is 404 g/mol. The number of nitrogens with zero attached hydrogens (tertiary/aromatic N) is 2. The molecule has 0 spiro atoms. The number of benzene rings is 1. The standard InChI is InChI=1S/C22H23ClN4O3/c1-2-25-20(28)15-3-7-17(8-4-15)27-21(29)16-5-9-18(10-6-16)30-22-19(23)11-14(12-24)13-26-22/h3-4,7-8,11,13,16,18H,2,5-6,9-10H2,1H3,(H,25,28)(H,27,29). The number of carbonyl (C=O) groups is 2.